The molecule has 0 amide bonds. The summed E-state index contributed by atoms with van der Waals surface area (Å²) in [6, 6.07) is 23.8. The summed E-state index contributed by atoms with van der Waals surface area (Å²) in [5.41, 5.74) is -0.443. The molecule has 340 valence electrons. The molecule has 2 nitrogen and oxygen atoms in total. The van der Waals surface area contributed by atoms with Gasteiger partial charge in [0, 0.05) is 44.0 Å². The van der Waals surface area contributed by atoms with Crippen molar-refractivity contribution in [2.45, 2.75) is 34.1 Å². The van der Waals surface area contributed by atoms with Crippen molar-refractivity contribution in [3.8, 4) is 16.8 Å². The van der Waals surface area contributed by atoms with Crippen LogP contribution in [0.25, 0.3) is 72.9 Å². The maximum absolute atomic E-state index is 16.7. The van der Waals surface area contributed by atoms with E-state index in [0.29, 0.717) is 5.69 Å². The first kappa shape index (κ1) is 46.9. The number of halogens is 8. The predicted molar refractivity (Wildman–Crippen MR) is 266 cm³/mol. The van der Waals surface area contributed by atoms with Gasteiger partial charge < -0.3 is 9.13 Å². The van der Waals surface area contributed by atoms with Crippen LogP contribution >= 0.6 is 0 Å². The summed E-state index contributed by atoms with van der Waals surface area (Å²) in [4.78, 5) is 0. The molecule has 0 radical (unpaired) electrons. The molecule has 2 aromatic heterocycles. The van der Waals surface area contributed by atoms with Gasteiger partial charge in [-0.3, -0.25) is 0 Å². The van der Waals surface area contributed by atoms with Crippen LogP contribution in [0, 0.1) is 46.5 Å². The fourth-order valence-electron chi connectivity index (χ4n) is 9.31. The molecule has 8 rings (SSSR count). The molecule has 0 spiro atoms. The Morgan fingerprint density at radius 3 is 1.79 bits per heavy atom. The molecule has 0 aliphatic heterocycles. The summed E-state index contributed by atoms with van der Waals surface area (Å²) >= 11 is 0. The largest absolute Gasteiger partial charge is 0.310 e. The highest BCUT2D eigenvalue weighted by Crippen LogP contribution is 2.42. The molecule has 0 N–H and O–H groups in total. The van der Waals surface area contributed by atoms with Crippen molar-refractivity contribution in [1.82, 2.24) is 9.13 Å². The summed E-state index contributed by atoms with van der Waals surface area (Å²) in [7, 11) is 0. The van der Waals surface area contributed by atoms with Crippen molar-refractivity contribution in [2.24, 2.45) is 0 Å². The number of hydrogen-bond acceptors (Lipinski definition) is 0. The van der Waals surface area contributed by atoms with Gasteiger partial charge in [-0.15, -0.1) is 0 Å². The molecule has 11 heteroatoms. The van der Waals surface area contributed by atoms with Gasteiger partial charge in [0.05, 0.1) is 33.4 Å². The Balaban J connectivity index is 1.41. The van der Waals surface area contributed by atoms with Crippen LogP contribution in [0.2, 0.25) is 0 Å². The number of rotatable bonds is 13. The van der Waals surface area contributed by atoms with Crippen LogP contribution in [0.1, 0.15) is 50.9 Å². The van der Waals surface area contributed by atoms with Crippen LogP contribution in [-0.4, -0.2) is 15.8 Å². The lowest BCUT2D eigenvalue weighted by Gasteiger charge is -2.22. The van der Waals surface area contributed by atoms with E-state index in [0.717, 1.165) is 49.7 Å². The van der Waals surface area contributed by atoms with Gasteiger partial charge in [0.2, 0.25) is 0 Å². The van der Waals surface area contributed by atoms with Gasteiger partial charge in [0.25, 0.3) is 6.71 Å². The van der Waals surface area contributed by atoms with Crippen molar-refractivity contribution in [2.75, 3.05) is 0 Å². The topological polar surface area (TPSA) is 9.86 Å². The summed E-state index contributed by atoms with van der Waals surface area (Å²) in [5, 5.41) is 2.64. The minimum atomic E-state index is -2.45. The highest BCUT2D eigenvalue weighted by Gasteiger charge is 2.41. The third kappa shape index (κ3) is 7.56. The molecule has 0 atom stereocenters. The minimum absolute atomic E-state index is 0.192. The van der Waals surface area contributed by atoms with Crippen molar-refractivity contribution >= 4 is 79.2 Å². The zero-order chi connectivity index (χ0) is 48.6. The average Bonchev–Trinajstić information content (AvgIpc) is 3.85. The number of benzene rings is 6. The Labute approximate surface area is 389 Å². The van der Waals surface area contributed by atoms with Gasteiger partial charge in [0.15, 0.2) is 46.5 Å². The molecule has 0 fully saturated rings. The van der Waals surface area contributed by atoms with Gasteiger partial charge in [0.1, 0.15) is 0 Å². The van der Waals surface area contributed by atoms with Gasteiger partial charge in [-0.2, -0.15) is 0 Å². The summed E-state index contributed by atoms with van der Waals surface area (Å²) in [6.45, 7) is 12.6. The summed E-state index contributed by atoms with van der Waals surface area (Å²) < 4.78 is 136. The fourth-order valence-corrected chi connectivity index (χ4v) is 9.31. The van der Waals surface area contributed by atoms with Crippen molar-refractivity contribution in [3.63, 3.8) is 0 Å². The van der Waals surface area contributed by atoms with Crippen LogP contribution < -0.4 is 16.4 Å². The number of allylic oxidation sites excluding steroid dienone is 10. The Kier molecular flexibility index (Phi) is 13.3. The van der Waals surface area contributed by atoms with Crippen LogP contribution in [-0.2, 0) is 0 Å². The Bertz CT molecular complexity index is 3420. The molecule has 0 saturated heterocycles. The second-order valence-electron chi connectivity index (χ2n) is 15.9. The number of aromatic nitrogens is 2. The van der Waals surface area contributed by atoms with Crippen molar-refractivity contribution in [3.05, 3.63) is 216 Å². The highest BCUT2D eigenvalue weighted by molar-refractivity contribution is 6.95. The Morgan fingerprint density at radius 1 is 0.618 bits per heavy atom. The lowest BCUT2D eigenvalue weighted by atomic mass is 9.36. The van der Waals surface area contributed by atoms with Crippen molar-refractivity contribution in [1.29, 1.82) is 0 Å². The smallest absolute Gasteiger partial charge is 0.257 e. The Morgan fingerprint density at radius 2 is 1.22 bits per heavy atom. The van der Waals surface area contributed by atoms with Gasteiger partial charge >= 0.3 is 0 Å². The third-order valence-corrected chi connectivity index (χ3v) is 12.1. The fraction of sp³-hybridized carbons (Fsp3) is 0.0877. The quantitative estimate of drug-likeness (QED) is 0.0472. The zero-order valence-corrected chi connectivity index (χ0v) is 37.6. The van der Waals surface area contributed by atoms with E-state index in [9.17, 15) is 0 Å². The Hall–Kier alpha value is -7.66. The maximum atomic E-state index is 16.7. The van der Waals surface area contributed by atoms with E-state index in [1.807, 2.05) is 85.2 Å². The molecule has 0 aliphatic rings. The van der Waals surface area contributed by atoms with E-state index < -0.39 is 75.3 Å². The summed E-state index contributed by atoms with van der Waals surface area (Å²) in [6.07, 6.45) is 17.4. The van der Waals surface area contributed by atoms with Crippen molar-refractivity contribution < 1.29 is 35.1 Å². The minimum Gasteiger partial charge on any atom is -0.310 e. The molecular weight excluding hydrogens is 875 g/mol. The SMILES string of the molecule is C=C/C=C\C(=C/C)n1c(C=C)c(/C=C\C)c2c3c4ccccc4n(-c4ccc(B(c5c(F)c(F)c(C(/C=C\C)=C/CC)c(F)c5F)c5c(F)c(F)c(-c6ccccc6)c(F)c5F)cc4)c3ccc21. The number of fused-ring (bicyclic) bond motifs is 5. The van der Waals surface area contributed by atoms with E-state index in [4.69, 9.17) is 0 Å². The average molecular weight is 919 g/mol. The standard InChI is InChI=1S/C57H43BF8N2/c1-7-13-24-36(11-5)67-40(12-6)38(21-10-4)46-42(67)31-32-43-47(46)39-25-17-18-26-41(39)68(43)37-29-27-35(28-30-37)58(48-54(63)50(59)44(51(60)55(48)64)33(19-8-2)20-9-3)49-56(65)52(61)45(53(62)57(49)66)34-22-15-14-16-23-34/h7-8,10-32H,1,6,9H2,2-5H3/b19-8-,21-10-,24-13-,33-20+,36-11+. The molecule has 0 saturated carbocycles. The molecule has 6 aromatic carbocycles. The maximum Gasteiger partial charge on any atom is 0.257 e. The molecule has 0 bridgehead atoms. The molecule has 0 aliphatic carbocycles. The predicted octanol–water partition coefficient (Wildman–Crippen LogP) is 14.7. The molecule has 8 aromatic rings. The van der Waals surface area contributed by atoms with E-state index >= 15 is 35.1 Å². The van der Waals surface area contributed by atoms with Crippen LogP contribution in [0.15, 0.2) is 153 Å². The molecular formula is C57H43BF8N2. The van der Waals surface area contributed by atoms with E-state index in [2.05, 4.69) is 17.7 Å². The number of nitrogens with zero attached hydrogens (tertiary/aromatic N) is 2. The second kappa shape index (κ2) is 19.3. The number of para-hydroxylation sites is 1. The normalized spacial score (nSPS) is 12.6. The van der Waals surface area contributed by atoms with Crippen LogP contribution in [0.3, 0.4) is 0 Å². The zero-order valence-electron chi connectivity index (χ0n) is 37.6. The highest BCUT2D eigenvalue weighted by atomic mass is 19.2. The van der Waals surface area contributed by atoms with Gasteiger partial charge in [-0.05, 0) is 80.8 Å². The van der Waals surface area contributed by atoms with Crippen LogP contribution in [0.5, 0.6) is 0 Å². The van der Waals surface area contributed by atoms with Crippen LogP contribution in [0.4, 0.5) is 35.1 Å². The first-order valence-corrected chi connectivity index (χ1v) is 21.9. The van der Waals surface area contributed by atoms with E-state index in [-0.39, 0.29) is 23.0 Å². The third-order valence-electron chi connectivity index (χ3n) is 12.1. The molecule has 0 unspecified atom stereocenters. The van der Waals surface area contributed by atoms with E-state index in [1.165, 1.54) is 79.7 Å². The second-order valence-corrected chi connectivity index (χ2v) is 15.9. The molecule has 68 heavy (non-hydrogen) atoms. The number of hydrogen-bond donors (Lipinski definition) is 0. The van der Waals surface area contributed by atoms with Gasteiger partial charge in [-0.1, -0.05) is 135 Å². The first-order valence-electron chi connectivity index (χ1n) is 21.9. The summed E-state index contributed by atoms with van der Waals surface area (Å²) in [5.74, 6) is -15.5. The first-order chi connectivity index (χ1) is 32.9. The molecule has 2 heterocycles. The lowest BCUT2D eigenvalue weighted by Crippen LogP contribution is -2.58. The van der Waals surface area contributed by atoms with E-state index in [1.54, 1.807) is 19.1 Å². The lowest BCUT2D eigenvalue weighted by molar-refractivity contribution is 0.458. The monoisotopic (exact) mass is 918 g/mol. The van der Waals surface area contributed by atoms with Gasteiger partial charge in [-0.25, -0.2) is 35.1 Å².